The van der Waals surface area contributed by atoms with Gasteiger partial charge in [0.25, 0.3) is 0 Å². The van der Waals surface area contributed by atoms with Crippen LogP contribution in [0.25, 0.3) is 0 Å². The van der Waals surface area contributed by atoms with Gasteiger partial charge in [-0.2, -0.15) is 0 Å². The number of nitrogens with zero attached hydrogens (tertiary/aromatic N) is 1. The number of thiophene rings is 1. The summed E-state index contributed by atoms with van der Waals surface area (Å²) < 4.78 is 0. The van der Waals surface area contributed by atoms with Crippen molar-refractivity contribution in [1.29, 1.82) is 0 Å². The van der Waals surface area contributed by atoms with E-state index in [1.54, 1.807) is 0 Å². The fourth-order valence-electron chi connectivity index (χ4n) is 1.86. The summed E-state index contributed by atoms with van der Waals surface area (Å²) in [6.45, 7) is 13.3. The predicted octanol–water partition coefficient (Wildman–Crippen LogP) is 3.72. The predicted molar refractivity (Wildman–Crippen MR) is 81.9 cm³/mol. The molecule has 0 bridgehead atoms. The van der Waals surface area contributed by atoms with E-state index in [0.29, 0.717) is 6.04 Å². The van der Waals surface area contributed by atoms with Gasteiger partial charge in [-0.1, -0.05) is 26.8 Å². The van der Waals surface area contributed by atoms with Crippen LogP contribution < -0.4 is 5.73 Å². The minimum absolute atomic E-state index is 0.200. The third-order valence-electron chi connectivity index (χ3n) is 3.51. The zero-order valence-corrected chi connectivity index (χ0v) is 13.3. The summed E-state index contributed by atoms with van der Waals surface area (Å²) in [5.41, 5.74) is 6.45. The zero-order chi connectivity index (χ0) is 13.8. The van der Waals surface area contributed by atoms with Crippen LogP contribution in [0.15, 0.2) is 17.5 Å². The van der Waals surface area contributed by atoms with Crippen LogP contribution in [0, 0.1) is 5.41 Å². The maximum Gasteiger partial charge on any atom is 0.0330 e. The maximum absolute atomic E-state index is 6.25. The van der Waals surface area contributed by atoms with Gasteiger partial charge in [0.2, 0.25) is 0 Å². The molecule has 1 aromatic heterocycles. The Hall–Kier alpha value is -0.380. The van der Waals surface area contributed by atoms with Crippen molar-refractivity contribution in [1.82, 2.24) is 4.90 Å². The largest absolute Gasteiger partial charge is 0.327 e. The summed E-state index contributed by atoms with van der Waals surface area (Å²) in [6.07, 6.45) is 1.06. The third-order valence-corrected chi connectivity index (χ3v) is 4.37. The summed E-state index contributed by atoms with van der Waals surface area (Å²) in [4.78, 5) is 3.95. The van der Waals surface area contributed by atoms with E-state index in [1.165, 1.54) is 4.88 Å². The quantitative estimate of drug-likeness (QED) is 0.852. The molecule has 0 aliphatic heterocycles. The van der Waals surface area contributed by atoms with Gasteiger partial charge in [0, 0.05) is 30.1 Å². The molecule has 0 spiro atoms. The van der Waals surface area contributed by atoms with Gasteiger partial charge in [0.1, 0.15) is 0 Å². The Morgan fingerprint density at radius 2 is 2.00 bits per heavy atom. The van der Waals surface area contributed by atoms with E-state index in [2.05, 4.69) is 57.0 Å². The van der Waals surface area contributed by atoms with Gasteiger partial charge in [-0.25, -0.2) is 0 Å². The van der Waals surface area contributed by atoms with Crippen molar-refractivity contribution in [2.75, 3.05) is 6.54 Å². The Labute approximate surface area is 116 Å². The highest BCUT2D eigenvalue weighted by molar-refractivity contribution is 7.09. The smallest absolute Gasteiger partial charge is 0.0330 e. The van der Waals surface area contributed by atoms with E-state index >= 15 is 0 Å². The van der Waals surface area contributed by atoms with E-state index in [0.717, 1.165) is 19.5 Å². The van der Waals surface area contributed by atoms with Gasteiger partial charge < -0.3 is 5.73 Å². The highest BCUT2D eigenvalue weighted by Gasteiger charge is 2.21. The molecule has 0 saturated heterocycles. The molecule has 1 aromatic rings. The number of nitrogens with two attached hydrogens (primary N) is 1. The minimum atomic E-state index is 0.200. The Balaban J connectivity index is 2.49. The third kappa shape index (κ3) is 5.09. The molecule has 0 amide bonds. The molecule has 1 heterocycles. The van der Waals surface area contributed by atoms with Crippen molar-refractivity contribution >= 4 is 11.3 Å². The van der Waals surface area contributed by atoms with Crippen LogP contribution in [-0.2, 0) is 6.54 Å². The first-order chi connectivity index (χ1) is 8.30. The average molecular weight is 268 g/mol. The minimum Gasteiger partial charge on any atom is -0.327 e. The van der Waals surface area contributed by atoms with Gasteiger partial charge >= 0.3 is 0 Å². The molecule has 3 heteroatoms. The summed E-state index contributed by atoms with van der Waals surface area (Å²) >= 11 is 1.84. The molecule has 0 fully saturated rings. The molecule has 0 aliphatic carbocycles. The molecule has 1 atom stereocenters. The highest BCUT2D eigenvalue weighted by Crippen LogP contribution is 2.21. The van der Waals surface area contributed by atoms with Crippen molar-refractivity contribution in [3.05, 3.63) is 22.4 Å². The molecule has 2 nitrogen and oxygen atoms in total. The van der Waals surface area contributed by atoms with Crippen LogP contribution in [0.5, 0.6) is 0 Å². The summed E-state index contributed by atoms with van der Waals surface area (Å²) in [6, 6.07) is 5.17. The Morgan fingerprint density at radius 1 is 1.33 bits per heavy atom. The van der Waals surface area contributed by atoms with Gasteiger partial charge in [0.15, 0.2) is 0 Å². The monoisotopic (exact) mass is 268 g/mol. The Morgan fingerprint density at radius 3 is 2.44 bits per heavy atom. The molecular weight excluding hydrogens is 240 g/mol. The normalized spacial score (nSPS) is 14.4. The Bertz CT molecular complexity index is 325. The molecule has 104 valence electrons. The summed E-state index contributed by atoms with van der Waals surface area (Å²) in [5.74, 6) is 0. The van der Waals surface area contributed by atoms with Crippen LogP contribution in [0.4, 0.5) is 0 Å². The number of hydrogen-bond acceptors (Lipinski definition) is 3. The second-order valence-corrected chi connectivity index (χ2v) is 7.44. The molecule has 1 unspecified atom stereocenters. The number of rotatable bonds is 6. The lowest BCUT2D eigenvalue weighted by Gasteiger charge is -2.31. The molecule has 0 aliphatic rings. The van der Waals surface area contributed by atoms with E-state index in [4.69, 9.17) is 5.73 Å². The van der Waals surface area contributed by atoms with Gasteiger partial charge in [-0.3, -0.25) is 4.90 Å². The van der Waals surface area contributed by atoms with E-state index in [-0.39, 0.29) is 11.5 Å². The second-order valence-electron chi connectivity index (χ2n) is 6.40. The first-order valence-electron chi connectivity index (χ1n) is 6.82. The SMILES string of the molecule is CC(C)N(CCC(N)C(C)(C)C)Cc1cccs1. The van der Waals surface area contributed by atoms with Crippen molar-refractivity contribution in [2.24, 2.45) is 11.1 Å². The van der Waals surface area contributed by atoms with Crippen LogP contribution >= 0.6 is 11.3 Å². The maximum atomic E-state index is 6.25. The molecule has 18 heavy (non-hydrogen) atoms. The standard InChI is InChI=1S/C15H28N2S/c1-12(2)17(11-13-7-6-10-18-13)9-8-14(16)15(3,4)5/h6-7,10,12,14H,8-9,11,16H2,1-5H3. The van der Waals surface area contributed by atoms with Crippen LogP contribution in [0.1, 0.15) is 45.9 Å². The van der Waals surface area contributed by atoms with Crippen molar-refractivity contribution in [3.8, 4) is 0 Å². The molecule has 0 radical (unpaired) electrons. The molecule has 0 saturated carbocycles. The lowest BCUT2D eigenvalue weighted by Crippen LogP contribution is -2.40. The fraction of sp³-hybridized carbons (Fsp3) is 0.733. The van der Waals surface area contributed by atoms with Crippen LogP contribution in [0.2, 0.25) is 0 Å². The second kappa shape index (κ2) is 6.69. The summed E-state index contributed by atoms with van der Waals surface area (Å²) in [5, 5.41) is 2.15. The van der Waals surface area contributed by atoms with Crippen LogP contribution in [-0.4, -0.2) is 23.5 Å². The lowest BCUT2D eigenvalue weighted by atomic mass is 9.85. The number of hydrogen-bond donors (Lipinski definition) is 1. The first-order valence-corrected chi connectivity index (χ1v) is 7.70. The highest BCUT2D eigenvalue weighted by atomic mass is 32.1. The topological polar surface area (TPSA) is 29.3 Å². The molecular formula is C15H28N2S. The van der Waals surface area contributed by atoms with E-state index < -0.39 is 0 Å². The summed E-state index contributed by atoms with van der Waals surface area (Å²) in [7, 11) is 0. The molecule has 1 rings (SSSR count). The van der Waals surface area contributed by atoms with Crippen molar-refractivity contribution < 1.29 is 0 Å². The first kappa shape index (κ1) is 15.7. The van der Waals surface area contributed by atoms with Gasteiger partial charge in [-0.15, -0.1) is 11.3 Å². The van der Waals surface area contributed by atoms with E-state index in [9.17, 15) is 0 Å². The Kier molecular flexibility index (Phi) is 5.83. The van der Waals surface area contributed by atoms with Crippen molar-refractivity contribution in [3.63, 3.8) is 0 Å². The molecule has 0 aromatic carbocycles. The van der Waals surface area contributed by atoms with E-state index in [1.807, 2.05) is 11.3 Å². The van der Waals surface area contributed by atoms with Crippen molar-refractivity contribution in [2.45, 2.75) is 59.7 Å². The zero-order valence-electron chi connectivity index (χ0n) is 12.4. The van der Waals surface area contributed by atoms with Crippen LogP contribution in [0.3, 0.4) is 0 Å². The lowest BCUT2D eigenvalue weighted by molar-refractivity contribution is 0.187. The van der Waals surface area contributed by atoms with Gasteiger partial charge in [0.05, 0.1) is 0 Å². The molecule has 2 N–H and O–H groups in total. The van der Waals surface area contributed by atoms with Gasteiger partial charge in [-0.05, 0) is 37.1 Å². The fourth-order valence-corrected chi connectivity index (χ4v) is 2.59. The average Bonchev–Trinajstić information content (AvgIpc) is 2.74.